The Morgan fingerprint density at radius 3 is 2.61 bits per heavy atom. The van der Waals surface area contributed by atoms with Gasteiger partial charge in [-0.2, -0.15) is 0 Å². The van der Waals surface area contributed by atoms with Crippen molar-refractivity contribution in [1.29, 1.82) is 0 Å². The third kappa shape index (κ3) is 3.06. The first kappa shape index (κ1) is 15.1. The monoisotopic (exact) mass is 312 g/mol. The van der Waals surface area contributed by atoms with Crippen molar-refractivity contribution >= 4 is 11.7 Å². The van der Waals surface area contributed by atoms with E-state index in [9.17, 15) is 14.9 Å². The Morgan fingerprint density at radius 2 is 2.04 bits per heavy atom. The van der Waals surface area contributed by atoms with Crippen LogP contribution >= 0.6 is 0 Å². The number of nitrogens with zero attached hydrogens (tertiary/aromatic N) is 2. The van der Waals surface area contributed by atoms with Gasteiger partial charge in [-0.05, 0) is 25.8 Å². The molecular formula is C17H16N2O4. The van der Waals surface area contributed by atoms with E-state index >= 15 is 0 Å². The van der Waals surface area contributed by atoms with Crippen LogP contribution in [-0.2, 0) is 4.74 Å². The van der Waals surface area contributed by atoms with Gasteiger partial charge in [0.05, 0.1) is 11.5 Å². The number of ether oxygens (including phenoxy) is 1. The zero-order chi connectivity index (χ0) is 16.4. The smallest absolute Gasteiger partial charge is 0.345 e. The van der Waals surface area contributed by atoms with E-state index in [1.165, 1.54) is 6.07 Å². The molecule has 1 aromatic heterocycles. The highest BCUT2D eigenvalue weighted by molar-refractivity contribution is 5.97. The second-order valence-corrected chi connectivity index (χ2v) is 5.41. The quantitative estimate of drug-likeness (QED) is 0.477. The molecule has 2 aromatic rings. The number of benzene rings is 1. The Hall–Kier alpha value is -2.76. The summed E-state index contributed by atoms with van der Waals surface area (Å²) in [5, 5.41) is 11.6. The standard InChI is InChI=1S/C17H16N2O4/c1-2-23-17(20)13-10-14(11-8-9-11)18-15(16(13)19(21)22)12-6-4-3-5-7-12/h3-7,10-11H,2,8-9H2,1H3. The van der Waals surface area contributed by atoms with Gasteiger partial charge in [-0.3, -0.25) is 10.1 Å². The molecule has 0 amide bonds. The third-order valence-corrected chi connectivity index (χ3v) is 3.73. The zero-order valence-corrected chi connectivity index (χ0v) is 12.7. The Balaban J connectivity index is 2.23. The second kappa shape index (κ2) is 6.16. The second-order valence-electron chi connectivity index (χ2n) is 5.41. The summed E-state index contributed by atoms with van der Waals surface area (Å²) >= 11 is 0. The lowest BCUT2D eigenvalue weighted by Gasteiger charge is -2.10. The molecule has 0 aliphatic heterocycles. The number of nitro groups is 1. The maximum atomic E-state index is 12.2. The number of carbonyl (C=O) groups is 1. The van der Waals surface area contributed by atoms with Crippen LogP contribution in [0.4, 0.5) is 5.69 Å². The SMILES string of the molecule is CCOC(=O)c1cc(C2CC2)nc(-c2ccccc2)c1[N+](=O)[O-]. The number of carbonyl (C=O) groups excluding carboxylic acids is 1. The van der Waals surface area contributed by atoms with Crippen molar-refractivity contribution < 1.29 is 14.5 Å². The molecule has 0 N–H and O–H groups in total. The zero-order valence-electron chi connectivity index (χ0n) is 12.7. The number of rotatable bonds is 5. The van der Waals surface area contributed by atoms with Gasteiger partial charge in [-0.1, -0.05) is 30.3 Å². The van der Waals surface area contributed by atoms with Crippen LogP contribution in [0.1, 0.15) is 41.7 Å². The van der Waals surface area contributed by atoms with Crippen molar-refractivity contribution in [2.45, 2.75) is 25.7 Å². The van der Waals surface area contributed by atoms with Crippen molar-refractivity contribution in [2.75, 3.05) is 6.61 Å². The lowest BCUT2D eigenvalue weighted by Crippen LogP contribution is -2.11. The maximum absolute atomic E-state index is 12.2. The summed E-state index contributed by atoms with van der Waals surface area (Å²) < 4.78 is 4.99. The van der Waals surface area contributed by atoms with Gasteiger partial charge in [0.1, 0.15) is 11.3 Å². The molecule has 118 valence electrons. The summed E-state index contributed by atoms with van der Waals surface area (Å²) in [5.74, 6) is -0.410. The molecule has 6 nitrogen and oxygen atoms in total. The predicted molar refractivity (Wildman–Crippen MR) is 84.3 cm³/mol. The molecule has 0 atom stereocenters. The number of hydrogen-bond acceptors (Lipinski definition) is 5. The highest BCUT2D eigenvalue weighted by atomic mass is 16.6. The van der Waals surface area contributed by atoms with Crippen LogP contribution in [0.2, 0.25) is 0 Å². The van der Waals surface area contributed by atoms with Gasteiger partial charge in [0.25, 0.3) is 0 Å². The molecule has 6 heteroatoms. The predicted octanol–water partition coefficient (Wildman–Crippen LogP) is 3.71. The summed E-state index contributed by atoms with van der Waals surface area (Å²) in [6, 6.07) is 10.4. The molecule has 1 saturated carbocycles. The summed E-state index contributed by atoms with van der Waals surface area (Å²) in [7, 11) is 0. The van der Waals surface area contributed by atoms with Crippen LogP contribution in [-0.4, -0.2) is 22.5 Å². The molecular weight excluding hydrogens is 296 g/mol. The molecule has 0 unspecified atom stereocenters. The molecule has 0 bridgehead atoms. The van der Waals surface area contributed by atoms with Crippen LogP contribution in [0, 0.1) is 10.1 Å². The minimum absolute atomic E-state index is 0.0207. The van der Waals surface area contributed by atoms with E-state index in [4.69, 9.17) is 4.74 Å². The van der Waals surface area contributed by atoms with E-state index in [-0.39, 0.29) is 29.5 Å². The van der Waals surface area contributed by atoms with Crippen LogP contribution in [0.25, 0.3) is 11.3 Å². The lowest BCUT2D eigenvalue weighted by molar-refractivity contribution is -0.384. The molecule has 1 aliphatic carbocycles. The van der Waals surface area contributed by atoms with Gasteiger partial charge in [-0.25, -0.2) is 9.78 Å². The number of aromatic nitrogens is 1. The van der Waals surface area contributed by atoms with Crippen molar-refractivity contribution in [2.24, 2.45) is 0 Å². The minimum atomic E-state index is -0.680. The summed E-state index contributed by atoms with van der Waals surface area (Å²) in [4.78, 5) is 27.7. The van der Waals surface area contributed by atoms with Crippen LogP contribution in [0.5, 0.6) is 0 Å². The average molecular weight is 312 g/mol. The summed E-state index contributed by atoms with van der Waals surface area (Å²) in [6.07, 6.45) is 1.97. The molecule has 1 aliphatic rings. The molecule has 1 aromatic carbocycles. The van der Waals surface area contributed by atoms with E-state index in [0.717, 1.165) is 18.5 Å². The Morgan fingerprint density at radius 1 is 1.35 bits per heavy atom. The van der Waals surface area contributed by atoms with Gasteiger partial charge in [0, 0.05) is 17.2 Å². The fourth-order valence-corrected chi connectivity index (χ4v) is 2.49. The van der Waals surface area contributed by atoms with E-state index < -0.39 is 10.9 Å². The highest BCUT2D eigenvalue weighted by Gasteiger charge is 2.33. The normalized spacial score (nSPS) is 13.6. The van der Waals surface area contributed by atoms with Gasteiger partial charge < -0.3 is 4.74 Å². The molecule has 0 saturated heterocycles. The van der Waals surface area contributed by atoms with E-state index in [1.807, 2.05) is 6.07 Å². The van der Waals surface area contributed by atoms with E-state index in [1.54, 1.807) is 31.2 Å². The topological polar surface area (TPSA) is 82.3 Å². The average Bonchev–Trinajstić information content (AvgIpc) is 3.39. The molecule has 0 radical (unpaired) electrons. The first-order valence-electron chi connectivity index (χ1n) is 7.53. The largest absolute Gasteiger partial charge is 0.462 e. The van der Waals surface area contributed by atoms with Crippen molar-refractivity contribution in [1.82, 2.24) is 4.98 Å². The fraction of sp³-hybridized carbons (Fsp3) is 0.294. The molecule has 1 fully saturated rings. The van der Waals surface area contributed by atoms with Gasteiger partial charge in [0.2, 0.25) is 0 Å². The summed E-state index contributed by atoms with van der Waals surface area (Å²) in [6.45, 7) is 1.84. The Labute approximate surface area is 133 Å². The van der Waals surface area contributed by atoms with E-state index in [0.29, 0.717) is 5.56 Å². The summed E-state index contributed by atoms with van der Waals surface area (Å²) in [5.41, 5.74) is 1.25. The van der Waals surface area contributed by atoms with Crippen molar-refractivity contribution in [3.05, 3.63) is 57.8 Å². The highest BCUT2D eigenvalue weighted by Crippen LogP contribution is 2.42. The molecule has 3 rings (SSSR count). The fourth-order valence-electron chi connectivity index (χ4n) is 2.49. The lowest BCUT2D eigenvalue weighted by atomic mass is 10.0. The van der Waals surface area contributed by atoms with Crippen LogP contribution < -0.4 is 0 Å². The number of pyridine rings is 1. The van der Waals surface area contributed by atoms with E-state index in [2.05, 4.69) is 4.98 Å². The first-order chi connectivity index (χ1) is 11.1. The Bertz CT molecular complexity index is 755. The Kier molecular flexibility index (Phi) is 4.06. The maximum Gasteiger partial charge on any atom is 0.345 e. The van der Waals surface area contributed by atoms with Gasteiger partial charge >= 0.3 is 11.7 Å². The molecule has 23 heavy (non-hydrogen) atoms. The molecule has 1 heterocycles. The van der Waals surface area contributed by atoms with Gasteiger partial charge in [0.15, 0.2) is 0 Å². The van der Waals surface area contributed by atoms with Gasteiger partial charge in [-0.15, -0.1) is 0 Å². The number of hydrogen-bond donors (Lipinski definition) is 0. The van der Waals surface area contributed by atoms with Crippen molar-refractivity contribution in [3.63, 3.8) is 0 Å². The number of esters is 1. The van der Waals surface area contributed by atoms with Crippen LogP contribution in [0.3, 0.4) is 0 Å². The third-order valence-electron chi connectivity index (χ3n) is 3.73. The van der Waals surface area contributed by atoms with Crippen molar-refractivity contribution in [3.8, 4) is 11.3 Å². The molecule has 0 spiro atoms. The minimum Gasteiger partial charge on any atom is -0.462 e. The first-order valence-corrected chi connectivity index (χ1v) is 7.53. The van der Waals surface area contributed by atoms with Crippen LogP contribution in [0.15, 0.2) is 36.4 Å².